The first-order valence-corrected chi connectivity index (χ1v) is 37.6. The van der Waals surface area contributed by atoms with E-state index in [0.717, 1.165) is 90.1 Å². The van der Waals surface area contributed by atoms with Crippen molar-refractivity contribution in [3.63, 3.8) is 0 Å². The average Bonchev–Trinajstić information content (AvgIpc) is 0.782. The molecule has 0 bridgehead atoms. The summed E-state index contributed by atoms with van der Waals surface area (Å²) in [5.41, 5.74) is 26.1. The second-order valence-corrected chi connectivity index (χ2v) is 28.1. The van der Waals surface area contributed by atoms with Crippen LogP contribution in [0.3, 0.4) is 0 Å². The summed E-state index contributed by atoms with van der Waals surface area (Å²) in [7, 11) is 10.1. The molecule has 15 aromatic rings. The second kappa shape index (κ2) is 38.4. The summed E-state index contributed by atoms with van der Waals surface area (Å²) in [6.45, 7) is 14.7. The van der Waals surface area contributed by atoms with Crippen LogP contribution in [0.2, 0.25) is 0 Å². The van der Waals surface area contributed by atoms with E-state index in [1.807, 2.05) is 184 Å². The van der Waals surface area contributed by atoms with Crippen LogP contribution in [0.1, 0.15) is 135 Å². The Kier molecular flexibility index (Phi) is 22.1. The Hall–Kier alpha value is -12.6. The van der Waals surface area contributed by atoms with Gasteiger partial charge in [-0.15, -0.1) is 0 Å². The molecule has 0 amide bonds. The minimum absolute atomic E-state index is 0.00864. The molecule has 2 atom stereocenters. The van der Waals surface area contributed by atoms with Crippen molar-refractivity contribution in [2.45, 2.75) is 114 Å². The molecule has 568 valence electrons. The Labute approximate surface area is 688 Å². The van der Waals surface area contributed by atoms with Crippen LogP contribution in [0.15, 0.2) is 286 Å². The molecule has 0 radical (unpaired) electrons. The van der Waals surface area contributed by atoms with Gasteiger partial charge in [0.05, 0.1) is 28.5 Å². The molecule has 0 fully saturated rings. The molecule has 0 saturated heterocycles. The van der Waals surface area contributed by atoms with Crippen LogP contribution in [0.25, 0.3) is 113 Å². The van der Waals surface area contributed by atoms with Crippen molar-refractivity contribution in [1.82, 2.24) is 39.9 Å². The number of aromatic nitrogens is 13. The summed E-state index contributed by atoms with van der Waals surface area (Å²) >= 11 is 0. The summed E-state index contributed by atoms with van der Waals surface area (Å²) in [5, 5.41) is 0. The van der Waals surface area contributed by atoms with Gasteiger partial charge in [0, 0.05) is 176 Å². The smallest absolute Gasteiger partial charge is 0.213 e. The third kappa shape index (κ3) is 21.1. The molecular weight excluding hydrogens is 1380 g/mol. The van der Waals surface area contributed by atoms with E-state index in [2.05, 4.69) is 198 Å². The SMILES string of the molecule is Cc1nccc(-c2cc[n+](C)c(-c3ccccc3C)c2)n1.[2H]C(C)(C)C([2H])([2H])c1cccc(-c2cc[n+](C)c(-c3ccccc3C)c2)n1.[2H]C([2H])(C)c1nccc(-c2cc[n+](C)c(-c3ccccc3C)c2)n1.[2H]C([2H])([2H])C([2H])(C)c1cccc(-c2cc[n+](C)c(-c3ccccc3C)c2)n1.[2H]C([2H])([2H])C([2H])(C)c1nccc(-c2cc[n+](C)c(-c3ccccc3C)c2)n1. The second-order valence-electron chi connectivity index (χ2n) is 28.1. The molecule has 0 aliphatic heterocycles. The molecule has 0 saturated carbocycles. The van der Waals surface area contributed by atoms with Crippen molar-refractivity contribution < 1.29 is 40.7 Å². The van der Waals surface area contributed by atoms with Gasteiger partial charge in [-0.1, -0.05) is 151 Å². The van der Waals surface area contributed by atoms with Gasteiger partial charge < -0.3 is 0 Å². The van der Waals surface area contributed by atoms with E-state index in [4.69, 9.17) is 17.8 Å². The van der Waals surface area contributed by atoms with Crippen LogP contribution in [-0.4, -0.2) is 39.9 Å². The summed E-state index contributed by atoms with van der Waals surface area (Å²) < 4.78 is 113. The molecule has 5 aromatic carbocycles. The number of hydrogen-bond donors (Lipinski definition) is 0. The zero-order chi connectivity index (χ0) is 91.6. The molecule has 2 unspecified atom stereocenters. The zero-order valence-electron chi connectivity index (χ0n) is 80.4. The van der Waals surface area contributed by atoms with E-state index in [1.54, 1.807) is 50.5 Å². The summed E-state index contributed by atoms with van der Waals surface area (Å²) in [6, 6.07) is 77.6. The van der Waals surface area contributed by atoms with Gasteiger partial charge in [-0.3, -0.25) is 9.97 Å². The van der Waals surface area contributed by atoms with E-state index < -0.39 is 44.1 Å². The van der Waals surface area contributed by atoms with Crippen molar-refractivity contribution in [3.05, 3.63) is 343 Å². The number of nitrogens with zero attached hydrogens (tertiary/aromatic N) is 13. The monoisotopic (exact) mass is 1500 g/mol. The van der Waals surface area contributed by atoms with Gasteiger partial charge in [0.2, 0.25) is 28.5 Å². The Morgan fingerprint density at radius 3 is 1.02 bits per heavy atom. The quantitative estimate of drug-likeness (QED) is 0.0930. The van der Waals surface area contributed by atoms with Crippen LogP contribution < -0.4 is 22.8 Å². The number of rotatable bonds is 15. The maximum Gasteiger partial charge on any atom is 0.213 e. The molecule has 10 heterocycles. The Balaban J connectivity index is 0.000000153. The fourth-order valence-corrected chi connectivity index (χ4v) is 13.0. The van der Waals surface area contributed by atoms with Crippen LogP contribution in [-0.2, 0) is 48.0 Å². The predicted molar refractivity (Wildman–Crippen MR) is 459 cm³/mol. The Bertz CT molecular complexity index is 6010. The minimum Gasteiger partial charge on any atom is -0.253 e. The zero-order valence-corrected chi connectivity index (χ0v) is 67.4. The van der Waals surface area contributed by atoms with E-state index in [-0.39, 0.29) is 23.0 Å². The van der Waals surface area contributed by atoms with Gasteiger partial charge in [-0.05, 0) is 160 Å². The van der Waals surface area contributed by atoms with Crippen LogP contribution in [0.4, 0.5) is 0 Å². The van der Waals surface area contributed by atoms with Crippen molar-refractivity contribution >= 4 is 0 Å². The topological polar surface area (TPSA) is 123 Å². The highest BCUT2D eigenvalue weighted by molar-refractivity contribution is 5.73. The van der Waals surface area contributed by atoms with Gasteiger partial charge in [0.25, 0.3) is 0 Å². The first-order valence-electron chi connectivity index (χ1n) is 44.1. The molecule has 0 aliphatic rings. The van der Waals surface area contributed by atoms with Gasteiger partial charge in [-0.2, -0.15) is 0 Å². The average molecular weight is 1510 g/mol. The first kappa shape index (κ1) is 65.1. The van der Waals surface area contributed by atoms with Crippen molar-refractivity contribution in [1.29, 1.82) is 0 Å². The molecule has 0 N–H and O–H groups in total. The lowest BCUT2D eigenvalue weighted by Gasteiger charge is -2.09. The Morgan fingerprint density at radius 1 is 0.336 bits per heavy atom. The fraction of sp³-hybridized carbons (Fsp3) is 0.230. The van der Waals surface area contributed by atoms with Gasteiger partial charge in [-0.25, -0.2) is 52.7 Å². The molecule has 0 aliphatic carbocycles. The Morgan fingerprint density at radius 2 is 0.664 bits per heavy atom. The van der Waals surface area contributed by atoms with Crippen LogP contribution >= 0.6 is 0 Å². The maximum atomic E-state index is 8.33. The molecule has 10 aromatic heterocycles. The normalized spacial score (nSPS) is 14.2. The number of benzene rings is 5. The van der Waals surface area contributed by atoms with E-state index in [1.165, 1.54) is 66.0 Å². The van der Waals surface area contributed by atoms with E-state index in [9.17, 15) is 0 Å². The maximum absolute atomic E-state index is 8.33. The highest BCUT2D eigenvalue weighted by Crippen LogP contribution is 2.32. The minimum atomic E-state index is -2.51. The summed E-state index contributed by atoms with van der Waals surface area (Å²) in [5.74, 6) is -3.94. The third-order valence-corrected chi connectivity index (χ3v) is 19.2. The lowest BCUT2D eigenvalue weighted by molar-refractivity contribution is -0.660. The lowest BCUT2D eigenvalue weighted by Crippen LogP contribution is -2.30. The van der Waals surface area contributed by atoms with Crippen molar-refractivity contribution in [2.75, 3.05) is 0 Å². The highest BCUT2D eigenvalue weighted by atomic mass is 15.0. The highest BCUT2D eigenvalue weighted by Gasteiger charge is 2.21. The summed E-state index contributed by atoms with van der Waals surface area (Å²) in [6.07, 6.45) is 11.5. The standard InChI is InChI=1S/C22H25N2.C21H23N2.C20H22N3.C19H20N3.C18H18N3/c1-16(2)14-19-9-7-11-21(23-19)18-12-13-24(4)22(15-18)20-10-6-5-8-17(20)3;1-15(2)19-10-7-11-20(22-19)17-12-13-23(4)21(14-17)18-9-6-5-8-16(18)3;1-14(2)20-21-11-9-18(22-20)16-10-12-23(4)19(13-16)17-8-6-5-7-15(17)3;1-4-19-20-11-9-17(21-19)15-10-12-22(3)18(13-15)16-8-6-5-7-14(16)2;1-13-6-4-5-7-16(13)18-12-15(9-11-21(18)3)17-8-10-19-14(2)20-17/h5-13,15-16H,14H2,1-4H3;5-15H,1-4H3;5-14H,1-4H3;5-13H,4H2,1-3H3;4-12H,1-3H3/q5*+1/i14D2,16D;1D3,15D;1D3,14D;4D2;. The van der Waals surface area contributed by atoms with Crippen LogP contribution in [0.5, 0.6) is 0 Å². The number of hydrogen-bond acceptors (Lipinski definition) is 8. The molecular formula is C100H108N13+5. The third-order valence-electron chi connectivity index (χ3n) is 19.2. The largest absolute Gasteiger partial charge is 0.253 e. The predicted octanol–water partition coefficient (Wildman–Crippen LogP) is 20.2. The van der Waals surface area contributed by atoms with Gasteiger partial charge in [0.1, 0.15) is 52.7 Å². The van der Waals surface area contributed by atoms with Crippen molar-refractivity contribution in [3.8, 4) is 113 Å². The van der Waals surface area contributed by atoms with Gasteiger partial charge >= 0.3 is 0 Å². The first-order chi connectivity index (χ1) is 59.3. The summed E-state index contributed by atoms with van der Waals surface area (Å²) in [4.78, 5) is 34.7. The number of aryl methyl sites for hydroxylation is 12. The molecule has 0 spiro atoms. The van der Waals surface area contributed by atoms with E-state index >= 15 is 0 Å². The van der Waals surface area contributed by atoms with Gasteiger partial charge in [0.15, 0.2) is 31.0 Å². The van der Waals surface area contributed by atoms with Crippen molar-refractivity contribution in [2.24, 2.45) is 41.1 Å². The lowest BCUT2D eigenvalue weighted by atomic mass is 10.0. The molecule has 15 rings (SSSR count). The molecule has 113 heavy (non-hydrogen) atoms. The molecule has 13 heteroatoms. The molecule has 13 nitrogen and oxygen atoms in total. The number of pyridine rings is 7. The van der Waals surface area contributed by atoms with E-state index in [0.29, 0.717) is 17.1 Å². The fourth-order valence-electron chi connectivity index (χ4n) is 13.0. The van der Waals surface area contributed by atoms with Crippen LogP contribution in [0, 0.1) is 47.4 Å².